The molecule has 0 fully saturated rings. The van der Waals surface area contributed by atoms with Gasteiger partial charge >= 0.3 is 5.82 Å². The fourth-order valence-corrected chi connectivity index (χ4v) is 3.14. The van der Waals surface area contributed by atoms with Crippen molar-refractivity contribution in [2.24, 2.45) is 0 Å². The molecule has 0 saturated carbocycles. The van der Waals surface area contributed by atoms with Crippen molar-refractivity contribution in [2.75, 3.05) is 11.6 Å². The topological polar surface area (TPSA) is 102 Å². The lowest BCUT2D eigenvalue weighted by molar-refractivity contribution is 0.102. The first-order valence-corrected chi connectivity index (χ1v) is 8.05. The molecule has 1 amide bonds. The number of rotatable bonds is 3. The Bertz CT molecular complexity index is 908. The van der Waals surface area contributed by atoms with Crippen LogP contribution >= 0.6 is 11.3 Å². The molecule has 0 aliphatic rings. The highest BCUT2D eigenvalue weighted by Gasteiger charge is 2.17. The molecule has 21 heavy (non-hydrogen) atoms. The van der Waals surface area contributed by atoms with Crippen molar-refractivity contribution >= 4 is 44.3 Å². The predicted molar refractivity (Wildman–Crippen MR) is 77.1 cm³/mol. The summed E-state index contributed by atoms with van der Waals surface area (Å²) in [5.74, 6) is -1.36. The second-order valence-corrected chi connectivity index (χ2v) is 6.62. The summed E-state index contributed by atoms with van der Waals surface area (Å²) in [6, 6.07) is 4.60. The highest BCUT2D eigenvalue weighted by Crippen LogP contribution is 2.23. The number of benzene rings is 1. The van der Waals surface area contributed by atoms with Gasteiger partial charge < -0.3 is 8.83 Å². The summed E-state index contributed by atoms with van der Waals surface area (Å²) in [7, 11) is -1.16. The molecule has 9 heteroatoms. The van der Waals surface area contributed by atoms with Crippen molar-refractivity contribution < 1.29 is 17.8 Å². The van der Waals surface area contributed by atoms with Gasteiger partial charge in [-0.25, -0.2) is 9.78 Å². The third kappa shape index (κ3) is 2.65. The second kappa shape index (κ2) is 5.26. The molecule has 1 aromatic carbocycles. The van der Waals surface area contributed by atoms with E-state index < -0.39 is 22.5 Å². The number of carbonyl (C=O) groups excluding carboxylic acids is 1. The lowest BCUT2D eigenvalue weighted by Gasteiger charge is -2.00. The van der Waals surface area contributed by atoms with Crippen LogP contribution in [0.15, 0.2) is 42.2 Å². The maximum absolute atomic E-state index is 12.2. The van der Waals surface area contributed by atoms with Gasteiger partial charge in [0.2, 0.25) is 0 Å². The Morgan fingerprint density at radius 1 is 1.38 bits per heavy atom. The molecule has 3 rings (SSSR count). The summed E-state index contributed by atoms with van der Waals surface area (Å²) >= 11 is 1.12. The van der Waals surface area contributed by atoms with Crippen molar-refractivity contribution in [1.29, 1.82) is 0 Å². The molecule has 3 aromatic rings. The zero-order valence-electron chi connectivity index (χ0n) is 10.6. The van der Waals surface area contributed by atoms with Crippen molar-refractivity contribution in [3.63, 3.8) is 0 Å². The number of amides is 1. The fourth-order valence-electron chi connectivity index (χ4n) is 1.69. The maximum atomic E-state index is 12.2. The van der Waals surface area contributed by atoms with Gasteiger partial charge in [-0.05, 0) is 12.1 Å². The van der Waals surface area contributed by atoms with E-state index in [1.54, 1.807) is 6.07 Å². The molecule has 0 radical (unpaired) electrons. The minimum atomic E-state index is -1.16. The molecular formula is C12H8N2O5S2. The van der Waals surface area contributed by atoms with Gasteiger partial charge in [-0.3, -0.25) is 14.3 Å². The summed E-state index contributed by atoms with van der Waals surface area (Å²) in [5.41, 5.74) is 0.436. The zero-order valence-corrected chi connectivity index (χ0v) is 12.2. The minimum Gasteiger partial charge on any atom is -0.391 e. The van der Waals surface area contributed by atoms with Gasteiger partial charge in [0.15, 0.2) is 16.3 Å². The number of nitrogens with zero attached hydrogens (tertiary/aromatic N) is 1. The molecule has 2 aromatic heterocycles. The number of para-hydroxylation sites is 1. The van der Waals surface area contributed by atoms with Crippen LogP contribution in [0.5, 0.6) is 0 Å². The summed E-state index contributed by atoms with van der Waals surface area (Å²) in [6.45, 7) is 0. The molecule has 0 spiro atoms. The number of aromatic nitrogens is 1. The third-order valence-electron chi connectivity index (χ3n) is 2.59. The largest absolute Gasteiger partial charge is 0.519 e. The van der Waals surface area contributed by atoms with Crippen molar-refractivity contribution in [2.45, 2.75) is 4.21 Å². The number of nitrogens with one attached hydrogen (secondary N) is 1. The molecule has 2 heterocycles. The van der Waals surface area contributed by atoms with E-state index in [2.05, 4.69) is 10.3 Å². The Morgan fingerprint density at radius 2 is 2.19 bits per heavy atom. The molecule has 0 saturated heterocycles. The van der Waals surface area contributed by atoms with Crippen molar-refractivity contribution in [3.8, 4) is 0 Å². The predicted octanol–water partition coefficient (Wildman–Crippen LogP) is 1.83. The second-order valence-electron chi connectivity index (χ2n) is 3.98. The van der Waals surface area contributed by atoms with Crippen LogP contribution in [0.25, 0.3) is 11.2 Å². The van der Waals surface area contributed by atoms with E-state index in [9.17, 15) is 13.8 Å². The van der Waals surface area contributed by atoms with E-state index in [1.165, 1.54) is 24.6 Å². The van der Waals surface area contributed by atoms with E-state index in [1.807, 2.05) is 0 Å². The van der Waals surface area contributed by atoms with Crippen LogP contribution in [0, 0.1) is 0 Å². The first-order valence-electron chi connectivity index (χ1n) is 5.68. The summed E-state index contributed by atoms with van der Waals surface area (Å²) in [5, 5.41) is 2.88. The van der Waals surface area contributed by atoms with Gasteiger partial charge in [-0.1, -0.05) is 17.4 Å². The van der Waals surface area contributed by atoms with Gasteiger partial charge in [0.25, 0.3) is 5.91 Å². The molecular weight excluding hydrogens is 316 g/mol. The number of thiazole rings is 1. The minimum absolute atomic E-state index is 0.0795. The molecule has 7 nitrogen and oxygen atoms in total. The van der Waals surface area contributed by atoms with Gasteiger partial charge in [0.1, 0.15) is 4.21 Å². The highest BCUT2D eigenvalue weighted by atomic mass is 32.2. The van der Waals surface area contributed by atoms with E-state index in [4.69, 9.17) is 8.83 Å². The fraction of sp³-hybridized carbons (Fsp3) is 0.0833. The van der Waals surface area contributed by atoms with Gasteiger partial charge in [-0.2, -0.15) is 0 Å². The van der Waals surface area contributed by atoms with Gasteiger partial charge in [0, 0.05) is 6.26 Å². The highest BCUT2D eigenvalue weighted by molar-refractivity contribution is 7.86. The molecule has 1 atom stereocenters. The normalized spacial score (nSPS) is 12.4. The van der Waals surface area contributed by atoms with E-state index >= 15 is 0 Å². The molecule has 0 aliphatic heterocycles. The Hall–Kier alpha value is -2.26. The van der Waals surface area contributed by atoms with E-state index in [0.29, 0.717) is 9.34 Å². The lowest BCUT2D eigenvalue weighted by atomic mass is 10.2. The monoisotopic (exact) mass is 324 g/mol. The number of hydrogen-bond acceptors (Lipinski definition) is 7. The zero-order chi connectivity index (χ0) is 15.0. The van der Waals surface area contributed by atoms with Crippen LogP contribution in [0.2, 0.25) is 0 Å². The molecule has 0 bridgehead atoms. The standard InChI is InChI=1S/C12H8N2O5S2/c1-21(17)8-5-13-11(20-8)14-10(15)6-3-2-4-7-9(6)19-12(16)18-7/h2-5H,1H3,(H,13,14,15). The van der Waals surface area contributed by atoms with Crippen molar-refractivity contribution in [3.05, 3.63) is 40.6 Å². The SMILES string of the molecule is CS(=O)c1cnc(NC(=O)c2cccc3oc(=O)oc23)s1. The van der Waals surface area contributed by atoms with Gasteiger partial charge in [-0.15, -0.1) is 0 Å². The van der Waals surface area contributed by atoms with Crippen LogP contribution in [-0.2, 0) is 10.8 Å². The summed E-state index contributed by atoms with van der Waals surface area (Å²) in [6.07, 6.45) is 2.97. The Labute approximate surface area is 124 Å². The van der Waals surface area contributed by atoms with Crippen LogP contribution in [0.4, 0.5) is 5.13 Å². The summed E-state index contributed by atoms with van der Waals surface area (Å²) in [4.78, 5) is 27.2. The first-order chi connectivity index (χ1) is 10.0. The van der Waals surface area contributed by atoms with Crippen LogP contribution in [0.3, 0.4) is 0 Å². The number of hydrogen-bond donors (Lipinski definition) is 1. The van der Waals surface area contributed by atoms with Crippen LogP contribution in [0.1, 0.15) is 10.4 Å². The van der Waals surface area contributed by atoms with E-state index in [-0.39, 0.29) is 16.7 Å². The molecule has 1 N–H and O–H groups in total. The smallest absolute Gasteiger partial charge is 0.391 e. The third-order valence-corrected chi connectivity index (χ3v) is 4.92. The maximum Gasteiger partial charge on any atom is 0.519 e. The number of carbonyl (C=O) groups is 1. The van der Waals surface area contributed by atoms with Crippen molar-refractivity contribution in [1.82, 2.24) is 4.98 Å². The number of anilines is 1. The molecule has 108 valence electrons. The molecule has 1 unspecified atom stereocenters. The Kier molecular flexibility index (Phi) is 3.43. The molecule has 0 aliphatic carbocycles. The number of fused-ring (bicyclic) bond motifs is 1. The Morgan fingerprint density at radius 3 is 2.90 bits per heavy atom. The average molecular weight is 324 g/mol. The van der Waals surface area contributed by atoms with Crippen LogP contribution < -0.4 is 11.1 Å². The Balaban J connectivity index is 1.93. The van der Waals surface area contributed by atoms with Gasteiger partial charge in [0.05, 0.1) is 22.6 Å². The first kappa shape index (κ1) is 13.7. The lowest BCUT2D eigenvalue weighted by Crippen LogP contribution is -2.11. The summed E-state index contributed by atoms with van der Waals surface area (Å²) < 4.78 is 21.5. The van der Waals surface area contributed by atoms with Crippen LogP contribution in [-0.4, -0.2) is 21.4 Å². The van der Waals surface area contributed by atoms with E-state index in [0.717, 1.165) is 11.3 Å². The average Bonchev–Trinajstić information content (AvgIpc) is 3.03. The quantitative estimate of drug-likeness (QED) is 0.788.